The van der Waals surface area contributed by atoms with Crippen molar-refractivity contribution in [2.75, 3.05) is 30.8 Å². The molecule has 0 spiro atoms. The van der Waals surface area contributed by atoms with E-state index in [4.69, 9.17) is 10.5 Å². The van der Waals surface area contributed by atoms with Crippen molar-refractivity contribution in [1.29, 1.82) is 0 Å². The second kappa shape index (κ2) is 8.84. The van der Waals surface area contributed by atoms with E-state index in [1.54, 1.807) is 0 Å². The molecule has 0 aromatic heterocycles. The van der Waals surface area contributed by atoms with Crippen molar-refractivity contribution in [3.63, 3.8) is 0 Å². The quantitative estimate of drug-likeness (QED) is 0.445. The lowest BCUT2D eigenvalue weighted by atomic mass is 10.2. The van der Waals surface area contributed by atoms with Gasteiger partial charge in [0.2, 0.25) is 0 Å². The molecule has 1 aromatic carbocycles. The third-order valence-electron chi connectivity index (χ3n) is 3.08. The molecule has 0 saturated heterocycles. The minimum atomic E-state index is -0.0991. The molecule has 0 unspecified atom stereocenters. The molecule has 4 nitrogen and oxygen atoms in total. The van der Waals surface area contributed by atoms with Gasteiger partial charge in [-0.15, -0.1) is 0 Å². The van der Waals surface area contributed by atoms with Crippen LogP contribution in [0.5, 0.6) is 0 Å². The van der Waals surface area contributed by atoms with Gasteiger partial charge in [-0.05, 0) is 38.0 Å². The van der Waals surface area contributed by atoms with E-state index in [0.717, 1.165) is 41.7 Å². The van der Waals surface area contributed by atoms with Gasteiger partial charge >= 0.3 is 5.97 Å². The highest BCUT2D eigenvalue weighted by molar-refractivity contribution is 9.10. The number of nitrogens with two attached hydrogens (primary N) is 1. The minimum Gasteiger partial charge on any atom is -0.466 e. The molecule has 2 N–H and O–H groups in total. The van der Waals surface area contributed by atoms with Gasteiger partial charge in [-0.1, -0.05) is 22.4 Å². The molecule has 112 valence electrons. The zero-order valence-corrected chi connectivity index (χ0v) is 13.8. The summed E-state index contributed by atoms with van der Waals surface area (Å²) in [6.07, 6.45) is 3.44. The van der Waals surface area contributed by atoms with Crippen molar-refractivity contribution >= 4 is 33.3 Å². The van der Waals surface area contributed by atoms with E-state index < -0.39 is 0 Å². The van der Waals surface area contributed by atoms with Crippen molar-refractivity contribution in [3.8, 4) is 0 Å². The second-order valence-corrected chi connectivity index (χ2v) is 5.66. The van der Waals surface area contributed by atoms with Crippen LogP contribution in [0, 0.1) is 0 Å². The highest BCUT2D eigenvalue weighted by Gasteiger charge is 2.06. The topological polar surface area (TPSA) is 55.6 Å². The molecule has 5 heteroatoms. The first kappa shape index (κ1) is 16.8. The number of nitrogens with zero attached hydrogens (tertiary/aromatic N) is 1. The number of nitrogen functional groups attached to an aromatic ring is 1. The molecule has 20 heavy (non-hydrogen) atoms. The summed E-state index contributed by atoms with van der Waals surface area (Å²) in [6, 6.07) is 5.91. The lowest BCUT2D eigenvalue weighted by Crippen LogP contribution is -2.19. The Balaban J connectivity index is 2.26. The predicted molar refractivity (Wildman–Crippen MR) is 86.9 cm³/mol. The fraction of sp³-hybridized carbons (Fsp3) is 0.533. The number of benzene rings is 1. The molecule has 1 rings (SSSR count). The van der Waals surface area contributed by atoms with Crippen molar-refractivity contribution in [3.05, 3.63) is 22.7 Å². The second-order valence-electron chi connectivity index (χ2n) is 4.74. The molecule has 0 amide bonds. The zero-order chi connectivity index (χ0) is 15.0. The highest BCUT2D eigenvalue weighted by Crippen LogP contribution is 2.26. The number of carbonyl (C=O) groups is 1. The number of hydrogen-bond donors (Lipinski definition) is 1. The number of anilines is 2. The predicted octanol–water partition coefficient (Wildman–Crippen LogP) is 3.59. The van der Waals surface area contributed by atoms with Crippen molar-refractivity contribution in [1.82, 2.24) is 0 Å². The largest absolute Gasteiger partial charge is 0.466 e. The fourth-order valence-corrected chi connectivity index (χ4v) is 2.40. The maximum Gasteiger partial charge on any atom is 0.305 e. The maximum atomic E-state index is 11.2. The molecular formula is C15H23BrN2O2. The van der Waals surface area contributed by atoms with Crippen LogP contribution in [0.15, 0.2) is 22.7 Å². The van der Waals surface area contributed by atoms with E-state index in [2.05, 4.69) is 20.8 Å². The standard InChI is InChI=1S/C15H23BrN2O2/c1-3-20-15(19)7-5-4-6-10-18(2)14-9-8-12(16)11-13(14)17/h8-9,11H,3-7,10,17H2,1-2H3. The van der Waals surface area contributed by atoms with Crippen LogP contribution in [-0.2, 0) is 9.53 Å². The summed E-state index contributed by atoms with van der Waals surface area (Å²) >= 11 is 3.40. The first-order chi connectivity index (χ1) is 9.54. The lowest BCUT2D eigenvalue weighted by Gasteiger charge is -2.21. The van der Waals surface area contributed by atoms with Crippen molar-refractivity contribution in [2.24, 2.45) is 0 Å². The van der Waals surface area contributed by atoms with Crippen LogP contribution in [0.25, 0.3) is 0 Å². The fourth-order valence-electron chi connectivity index (χ4n) is 2.02. The molecule has 0 aliphatic carbocycles. The van der Waals surface area contributed by atoms with Crippen LogP contribution in [0.1, 0.15) is 32.6 Å². The van der Waals surface area contributed by atoms with Crippen LogP contribution in [-0.4, -0.2) is 26.2 Å². The van der Waals surface area contributed by atoms with Crippen molar-refractivity contribution < 1.29 is 9.53 Å². The number of halogens is 1. The number of esters is 1. The number of carbonyl (C=O) groups excluding carboxylic acids is 1. The van der Waals surface area contributed by atoms with E-state index >= 15 is 0 Å². The monoisotopic (exact) mass is 342 g/mol. The molecule has 0 heterocycles. The molecule has 1 aromatic rings. The molecule has 0 aliphatic heterocycles. The third kappa shape index (κ3) is 5.82. The van der Waals surface area contributed by atoms with Crippen LogP contribution in [0.3, 0.4) is 0 Å². The third-order valence-corrected chi connectivity index (χ3v) is 3.57. The van der Waals surface area contributed by atoms with Crippen LogP contribution < -0.4 is 10.6 Å². The SMILES string of the molecule is CCOC(=O)CCCCCN(C)c1ccc(Br)cc1N. The molecule has 0 radical (unpaired) electrons. The Bertz CT molecular complexity index is 438. The summed E-state index contributed by atoms with van der Waals surface area (Å²) in [5.74, 6) is -0.0991. The number of rotatable bonds is 8. The Morgan fingerprint density at radius 2 is 2.10 bits per heavy atom. The molecule has 0 atom stereocenters. The summed E-state index contributed by atoms with van der Waals surface area (Å²) in [5, 5.41) is 0. The summed E-state index contributed by atoms with van der Waals surface area (Å²) in [7, 11) is 2.03. The Kier molecular flexibility index (Phi) is 7.44. The Morgan fingerprint density at radius 1 is 1.35 bits per heavy atom. The molecule has 0 fully saturated rings. The van der Waals surface area contributed by atoms with E-state index in [0.29, 0.717) is 13.0 Å². The highest BCUT2D eigenvalue weighted by atomic mass is 79.9. The summed E-state index contributed by atoms with van der Waals surface area (Å²) in [4.78, 5) is 13.3. The Morgan fingerprint density at radius 3 is 2.75 bits per heavy atom. The van der Waals surface area contributed by atoms with E-state index in [1.165, 1.54) is 0 Å². The summed E-state index contributed by atoms with van der Waals surface area (Å²) in [6.45, 7) is 3.22. The van der Waals surface area contributed by atoms with Gasteiger partial charge in [0.15, 0.2) is 0 Å². The van der Waals surface area contributed by atoms with Gasteiger partial charge in [0.1, 0.15) is 0 Å². The molecule has 0 saturated carbocycles. The van der Waals surface area contributed by atoms with E-state index in [1.807, 2.05) is 32.2 Å². The van der Waals surface area contributed by atoms with Gasteiger partial charge < -0.3 is 15.4 Å². The Hall–Kier alpha value is -1.23. The van der Waals surface area contributed by atoms with Gasteiger partial charge in [-0.2, -0.15) is 0 Å². The maximum absolute atomic E-state index is 11.2. The molecular weight excluding hydrogens is 320 g/mol. The van der Waals surface area contributed by atoms with Gasteiger partial charge in [0.25, 0.3) is 0 Å². The first-order valence-corrected chi connectivity index (χ1v) is 7.75. The average Bonchev–Trinajstić information content (AvgIpc) is 2.38. The number of unbranched alkanes of at least 4 members (excludes halogenated alkanes) is 2. The number of hydrogen-bond acceptors (Lipinski definition) is 4. The lowest BCUT2D eigenvalue weighted by molar-refractivity contribution is -0.143. The summed E-state index contributed by atoms with van der Waals surface area (Å²) < 4.78 is 5.88. The van der Waals surface area contributed by atoms with Gasteiger partial charge in [-0.25, -0.2) is 0 Å². The smallest absolute Gasteiger partial charge is 0.305 e. The zero-order valence-electron chi connectivity index (χ0n) is 12.2. The van der Waals surface area contributed by atoms with Gasteiger partial charge in [0.05, 0.1) is 18.0 Å². The van der Waals surface area contributed by atoms with Gasteiger partial charge in [-0.3, -0.25) is 4.79 Å². The summed E-state index contributed by atoms with van der Waals surface area (Å²) in [5.41, 5.74) is 7.80. The molecule has 0 aliphatic rings. The molecule has 0 bridgehead atoms. The minimum absolute atomic E-state index is 0.0991. The van der Waals surface area contributed by atoms with Crippen LogP contribution in [0.4, 0.5) is 11.4 Å². The van der Waals surface area contributed by atoms with Gasteiger partial charge in [0, 0.05) is 24.5 Å². The van der Waals surface area contributed by atoms with Crippen LogP contribution >= 0.6 is 15.9 Å². The number of ether oxygens (including phenoxy) is 1. The van der Waals surface area contributed by atoms with Crippen LogP contribution in [0.2, 0.25) is 0 Å². The first-order valence-electron chi connectivity index (χ1n) is 6.96. The van der Waals surface area contributed by atoms with E-state index in [9.17, 15) is 4.79 Å². The normalized spacial score (nSPS) is 10.3. The average molecular weight is 343 g/mol. The van der Waals surface area contributed by atoms with Crippen molar-refractivity contribution in [2.45, 2.75) is 32.6 Å². The van der Waals surface area contributed by atoms with E-state index in [-0.39, 0.29) is 5.97 Å². The Labute approximate surface area is 129 Å².